The SMILES string of the molecule is CCOC(=O)[C@@H]1C(=O)C2=C(C[C@H]1c1cccs1)N(c1ccccc1)C(=O)C[C@H]2c1ccc(F)cc1. The number of amides is 1. The summed E-state index contributed by atoms with van der Waals surface area (Å²) in [5.74, 6) is -3.42. The van der Waals surface area contributed by atoms with Crippen LogP contribution in [0.5, 0.6) is 0 Å². The van der Waals surface area contributed by atoms with Gasteiger partial charge < -0.3 is 4.74 Å². The lowest BCUT2D eigenvalue weighted by Gasteiger charge is -2.42. The van der Waals surface area contributed by atoms with E-state index in [1.54, 1.807) is 24.0 Å². The molecule has 0 unspecified atom stereocenters. The fourth-order valence-electron chi connectivity index (χ4n) is 5.16. The number of ether oxygens (including phenoxy) is 1. The average Bonchev–Trinajstić information content (AvgIpc) is 3.39. The summed E-state index contributed by atoms with van der Waals surface area (Å²) < 4.78 is 19.0. The topological polar surface area (TPSA) is 63.7 Å². The summed E-state index contributed by atoms with van der Waals surface area (Å²) in [6.07, 6.45) is 0.383. The van der Waals surface area contributed by atoms with Crippen molar-refractivity contribution in [2.24, 2.45) is 5.92 Å². The number of hydrogen-bond acceptors (Lipinski definition) is 5. The maximum absolute atomic E-state index is 14.1. The number of hydrogen-bond donors (Lipinski definition) is 0. The number of halogens is 1. The second-order valence-electron chi connectivity index (χ2n) is 8.65. The lowest BCUT2D eigenvalue weighted by Crippen LogP contribution is -2.46. The van der Waals surface area contributed by atoms with Gasteiger partial charge in [0.15, 0.2) is 5.78 Å². The normalized spacial score (nSPS) is 22.2. The van der Waals surface area contributed by atoms with Crippen molar-refractivity contribution in [2.45, 2.75) is 31.6 Å². The molecule has 7 heteroatoms. The third kappa shape index (κ3) is 4.21. The Kier molecular flexibility index (Phi) is 6.34. The molecule has 2 aliphatic rings. The number of benzene rings is 2. The average molecular weight is 490 g/mol. The predicted molar refractivity (Wildman–Crippen MR) is 132 cm³/mol. The number of carbonyl (C=O) groups excluding carboxylic acids is 3. The molecular weight excluding hydrogens is 465 g/mol. The minimum absolute atomic E-state index is 0.0459. The number of carbonyl (C=O) groups is 3. The number of ketones is 1. The molecule has 0 spiro atoms. The maximum atomic E-state index is 14.1. The van der Waals surface area contributed by atoms with E-state index in [2.05, 4.69) is 0 Å². The first kappa shape index (κ1) is 23.2. The minimum atomic E-state index is -0.999. The molecule has 2 heterocycles. The summed E-state index contributed by atoms with van der Waals surface area (Å²) in [5.41, 5.74) is 2.39. The Balaban J connectivity index is 1.71. The highest BCUT2D eigenvalue weighted by atomic mass is 32.1. The number of esters is 1. The second-order valence-corrected chi connectivity index (χ2v) is 9.63. The Morgan fingerprint density at radius 2 is 1.77 bits per heavy atom. The van der Waals surface area contributed by atoms with E-state index in [0.717, 1.165) is 4.88 Å². The first-order chi connectivity index (χ1) is 17.0. The number of allylic oxidation sites excluding steroid dienone is 2. The van der Waals surface area contributed by atoms with Gasteiger partial charge in [0.05, 0.1) is 6.61 Å². The minimum Gasteiger partial charge on any atom is -0.465 e. The molecule has 35 heavy (non-hydrogen) atoms. The lowest BCUT2D eigenvalue weighted by atomic mass is 9.69. The molecule has 0 bridgehead atoms. The highest BCUT2D eigenvalue weighted by Crippen LogP contribution is 2.50. The summed E-state index contributed by atoms with van der Waals surface area (Å²) in [6.45, 7) is 1.88. The zero-order valence-electron chi connectivity index (χ0n) is 19.1. The summed E-state index contributed by atoms with van der Waals surface area (Å²) >= 11 is 1.48. The van der Waals surface area contributed by atoms with Gasteiger partial charge in [0.2, 0.25) is 5.91 Å². The van der Waals surface area contributed by atoms with Crippen molar-refractivity contribution in [3.05, 3.63) is 99.6 Å². The largest absolute Gasteiger partial charge is 0.465 e. The lowest BCUT2D eigenvalue weighted by molar-refractivity contribution is -0.152. The zero-order chi connectivity index (χ0) is 24.5. The summed E-state index contributed by atoms with van der Waals surface area (Å²) in [7, 11) is 0. The summed E-state index contributed by atoms with van der Waals surface area (Å²) in [6, 6.07) is 18.9. The van der Waals surface area contributed by atoms with Gasteiger partial charge in [-0.25, -0.2) is 4.39 Å². The summed E-state index contributed by atoms with van der Waals surface area (Å²) in [5, 5.41) is 1.91. The molecule has 3 aromatic rings. The Hall–Kier alpha value is -3.58. The van der Waals surface area contributed by atoms with E-state index in [1.165, 1.54) is 23.5 Å². The highest BCUT2D eigenvalue weighted by Gasteiger charge is 2.50. The van der Waals surface area contributed by atoms with E-state index in [4.69, 9.17) is 4.74 Å². The van der Waals surface area contributed by atoms with Crippen molar-refractivity contribution in [2.75, 3.05) is 11.5 Å². The van der Waals surface area contributed by atoms with Gasteiger partial charge in [-0.2, -0.15) is 0 Å². The molecule has 3 atom stereocenters. The molecule has 1 aromatic heterocycles. The monoisotopic (exact) mass is 489 g/mol. The molecule has 0 fully saturated rings. The van der Waals surface area contributed by atoms with Gasteiger partial charge >= 0.3 is 5.97 Å². The van der Waals surface area contributed by atoms with Gasteiger partial charge in [-0.3, -0.25) is 19.3 Å². The van der Waals surface area contributed by atoms with Gasteiger partial charge in [-0.1, -0.05) is 36.4 Å². The molecule has 178 valence electrons. The standard InChI is InChI=1S/C28H24FNO4S/c1-2-34-28(33)26-21(23-9-6-14-35-23)15-22-25(27(26)32)20(17-10-12-18(29)13-11-17)16-24(31)30(22)19-7-4-3-5-8-19/h3-14,20-21,26H,2,15-16H2,1H3/t20-,21-,26-/m0/s1. The Morgan fingerprint density at radius 3 is 2.43 bits per heavy atom. The molecule has 0 saturated carbocycles. The molecule has 5 nitrogen and oxygen atoms in total. The van der Waals surface area contributed by atoms with Crippen LogP contribution < -0.4 is 4.90 Å². The third-order valence-electron chi connectivity index (χ3n) is 6.66. The molecule has 1 aliphatic carbocycles. The van der Waals surface area contributed by atoms with Crippen molar-refractivity contribution in [3.8, 4) is 0 Å². The van der Waals surface area contributed by atoms with Gasteiger partial charge in [-0.15, -0.1) is 11.3 Å². The van der Waals surface area contributed by atoms with Gasteiger partial charge in [0.25, 0.3) is 0 Å². The van der Waals surface area contributed by atoms with Crippen LogP contribution in [0.3, 0.4) is 0 Å². The van der Waals surface area contributed by atoms with Crippen molar-refractivity contribution < 1.29 is 23.5 Å². The predicted octanol–water partition coefficient (Wildman–Crippen LogP) is 5.60. The Bertz CT molecular complexity index is 1280. The molecule has 0 N–H and O–H groups in total. The molecule has 1 amide bonds. The molecule has 5 rings (SSSR count). The van der Waals surface area contributed by atoms with Crippen molar-refractivity contribution in [1.82, 2.24) is 0 Å². The van der Waals surface area contributed by atoms with Crippen LogP contribution in [0.2, 0.25) is 0 Å². The van der Waals surface area contributed by atoms with Crippen LogP contribution in [0.1, 0.15) is 42.0 Å². The molecule has 0 saturated heterocycles. The number of rotatable bonds is 5. The number of nitrogens with zero attached hydrogens (tertiary/aromatic N) is 1. The number of Topliss-reactive ketones (excluding diaryl/α,β-unsaturated/α-hetero) is 1. The Labute approximate surface area is 206 Å². The van der Waals surface area contributed by atoms with Crippen molar-refractivity contribution in [1.29, 1.82) is 0 Å². The maximum Gasteiger partial charge on any atom is 0.317 e. The number of para-hydroxylation sites is 1. The zero-order valence-corrected chi connectivity index (χ0v) is 20.0. The van der Waals surface area contributed by atoms with E-state index < -0.39 is 29.5 Å². The highest BCUT2D eigenvalue weighted by molar-refractivity contribution is 7.10. The van der Waals surface area contributed by atoms with Gasteiger partial charge in [0, 0.05) is 40.1 Å². The van der Waals surface area contributed by atoms with Crippen LogP contribution in [0.4, 0.5) is 10.1 Å². The van der Waals surface area contributed by atoms with Crippen LogP contribution in [-0.4, -0.2) is 24.3 Å². The van der Waals surface area contributed by atoms with Crippen LogP contribution in [0.15, 0.2) is 83.4 Å². The third-order valence-corrected chi connectivity index (χ3v) is 7.66. The van der Waals surface area contributed by atoms with E-state index in [9.17, 15) is 18.8 Å². The summed E-state index contributed by atoms with van der Waals surface area (Å²) in [4.78, 5) is 43.3. The number of thiophene rings is 1. The molecular formula is C28H24FNO4S. The van der Waals surface area contributed by atoms with E-state index >= 15 is 0 Å². The van der Waals surface area contributed by atoms with Crippen LogP contribution in [0, 0.1) is 11.7 Å². The smallest absolute Gasteiger partial charge is 0.317 e. The van der Waals surface area contributed by atoms with Crippen LogP contribution in [-0.2, 0) is 19.1 Å². The Morgan fingerprint density at radius 1 is 1.03 bits per heavy atom. The van der Waals surface area contributed by atoms with Gasteiger partial charge in [0.1, 0.15) is 11.7 Å². The fraction of sp³-hybridized carbons (Fsp3) is 0.250. The van der Waals surface area contributed by atoms with Gasteiger partial charge in [-0.05, 0) is 54.6 Å². The second kappa shape index (κ2) is 9.58. The van der Waals surface area contributed by atoms with Crippen molar-refractivity contribution in [3.63, 3.8) is 0 Å². The molecule has 1 aliphatic heterocycles. The molecule has 0 radical (unpaired) electrons. The first-order valence-electron chi connectivity index (χ1n) is 11.6. The van der Waals surface area contributed by atoms with Crippen molar-refractivity contribution >= 4 is 34.7 Å². The van der Waals surface area contributed by atoms with Crippen LogP contribution in [0.25, 0.3) is 0 Å². The quantitative estimate of drug-likeness (QED) is 0.346. The van der Waals surface area contributed by atoms with E-state index in [1.807, 2.05) is 47.8 Å². The van der Waals surface area contributed by atoms with E-state index in [-0.39, 0.29) is 24.7 Å². The number of anilines is 1. The first-order valence-corrected chi connectivity index (χ1v) is 12.5. The molecule has 2 aromatic carbocycles. The van der Waals surface area contributed by atoms with E-state index in [0.29, 0.717) is 28.9 Å². The fourth-order valence-corrected chi connectivity index (χ4v) is 6.02. The van der Waals surface area contributed by atoms with Crippen LogP contribution >= 0.6 is 11.3 Å².